The van der Waals surface area contributed by atoms with Gasteiger partial charge in [0.1, 0.15) is 0 Å². The fourth-order valence-electron chi connectivity index (χ4n) is 7.13. The summed E-state index contributed by atoms with van der Waals surface area (Å²) < 4.78 is 5.62. The molecule has 0 bridgehead atoms. The highest BCUT2D eigenvalue weighted by Crippen LogP contribution is 2.65. The number of anilines is 1. The number of phenols is 1. The molecule has 6 unspecified atom stereocenters. The Morgan fingerprint density at radius 3 is 2.33 bits per heavy atom. The molecule has 0 aromatic heterocycles. The van der Waals surface area contributed by atoms with Crippen LogP contribution >= 0.6 is 39.1 Å². The first-order chi connectivity index (χ1) is 19.8. The van der Waals surface area contributed by atoms with Crippen molar-refractivity contribution in [2.45, 2.75) is 35.4 Å². The van der Waals surface area contributed by atoms with E-state index in [2.05, 4.69) is 15.9 Å². The fraction of sp³-hybridized carbons (Fsp3) is 0.367. The number of aromatic hydroxyl groups is 1. The van der Waals surface area contributed by atoms with Crippen molar-refractivity contribution in [2.75, 3.05) is 19.1 Å². The van der Waals surface area contributed by atoms with Gasteiger partial charge < -0.3 is 9.84 Å². The third-order valence-electron chi connectivity index (χ3n) is 9.15. The normalized spacial score (nSPS) is 32.0. The van der Waals surface area contributed by atoms with Gasteiger partial charge in [-0.3, -0.25) is 33.8 Å². The number of fused-ring (bicyclic) bond motifs is 4. The van der Waals surface area contributed by atoms with Crippen molar-refractivity contribution < 1.29 is 33.8 Å². The first-order valence-corrected chi connectivity index (χ1v) is 14.8. The lowest BCUT2D eigenvalue weighted by atomic mass is 9.56. The molecule has 2 aliphatic heterocycles. The van der Waals surface area contributed by atoms with Gasteiger partial charge in [-0.25, -0.2) is 0 Å². The number of carbonyl (C=O) groups excluding carboxylic acids is 5. The molecule has 4 aliphatic rings. The van der Waals surface area contributed by atoms with Crippen molar-refractivity contribution in [1.82, 2.24) is 4.90 Å². The number of ether oxygens (including phenoxy) is 1. The Bertz CT molecular complexity index is 1640. The minimum Gasteiger partial charge on any atom is -0.503 e. The van der Waals surface area contributed by atoms with Gasteiger partial charge in [-0.15, -0.1) is 23.2 Å². The molecule has 4 amide bonds. The van der Waals surface area contributed by atoms with Crippen LogP contribution in [0.3, 0.4) is 0 Å². The number of carbonyl (C=O) groups is 5. The average molecular weight is 676 g/mol. The van der Waals surface area contributed by atoms with Gasteiger partial charge >= 0.3 is 0 Å². The molecule has 2 heterocycles. The Hall–Kier alpha value is -3.21. The number of imide groups is 2. The molecule has 2 aliphatic carbocycles. The highest BCUT2D eigenvalue weighted by molar-refractivity contribution is 9.10. The lowest BCUT2D eigenvalue weighted by Crippen LogP contribution is -2.60. The number of Topliss-reactive ketones (excluding diaryl/α,β-unsaturated/α-hetero) is 1. The smallest absolute Gasteiger partial charge is 0.253 e. The van der Waals surface area contributed by atoms with Gasteiger partial charge in [0.25, 0.3) is 11.8 Å². The molecule has 0 radical (unpaired) electrons. The van der Waals surface area contributed by atoms with E-state index in [1.165, 1.54) is 27.1 Å². The van der Waals surface area contributed by atoms with Crippen LogP contribution in [0, 0.1) is 17.8 Å². The summed E-state index contributed by atoms with van der Waals surface area (Å²) in [5.74, 6) is -5.68. The summed E-state index contributed by atoms with van der Waals surface area (Å²) >= 11 is 17.7. The van der Waals surface area contributed by atoms with Crippen LogP contribution in [-0.4, -0.2) is 63.3 Å². The van der Waals surface area contributed by atoms with Crippen LogP contribution in [-0.2, 0) is 19.2 Å². The number of hydrogen-bond donors (Lipinski definition) is 1. The molecule has 42 heavy (non-hydrogen) atoms. The third-order valence-corrected chi connectivity index (χ3v) is 11.2. The molecule has 6 rings (SSSR count). The van der Waals surface area contributed by atoms with Crippen LogP contribution in [0.1, 0.15) is 41.6 Å². The monoisotopic (exact) mass is 674 g/mol. The summed E-state index contributed by atoms with van der Waals surface area (Å²) in [5, 5.41) is 10.5. The van der Waals surface area contributed by atoms with E-state index < -0.39 is 57.0 Å². The number of benzene rings is 2. The van der Waals surface area contributed by atoms with Gasteiger partial charge in [0.2, 0.25) is 11.8 Å². The van der Waals surface area contributed by atoms with Crippen LogP contribution in [0.5, 0.6) is 11.5 Å². The molecule has 0 spiro atoms. The van der Waals surface area contributed by atoms with Crippen LogP contribution in [0.15, 0.2) is 52.5 Å². The van der Waals surface area contributed by atoms with E-state index in [9.17, 15) is 29.1 Å². The molecular formula is C30H25BrCl2N2O7. The van der Waals surface area contributed by atoms with E-state index in [0.29, 0.717) is 22.4 Å². The molecular weight excluding hydrogens is 651 g/mol. The minimum absolute atomic E-state index is 0.105. The van der Waals surface area contributed by atoms with Crippen molar-refractivity contribution >= 4 is 74.2 Å². The van der Waals surface area contributed by atoms with E-state index in [1.807, 2.05) is 6.08 Å². The van der Waals surface area contributed by atoms with E-state index in [-0.39, 0.29) is 34.6 Å². The number of amides is 4. The lowest BCUT2D eigenvalue weighted by Gasteiger charge is -2.50. The standard InChI is InChI=1S/C30H25BrCl2N2O7/c1-13(36)14-4-6-16(7-5-14)35-25(38)18-9-8-17-19(22(18)26(35)39)12-29(32)27(40)34(2)28(41)30(29,33)23(17)15-10-20(31)24(37)21(11-15)42-3/h4-8,10-11,18-19,22-23,37H,9,12H2,1-3H3. The SMILES string of the molecule is COc1cc(C2C3=CCC4C(=O)N(c5ccc(C(C)=O)cc5)C(=O)C4C3CC3(Cl)C(=O)N(C)C(=O)C23Cl)cc(Br)c1O. The summed E-state index contributed by atoms with van der Waals surface area (Å²) in [6.45, 7) is 1.43. The van der Waals surface area contributed by atoms with E-state index in [4.69, 9.17) is 27.9 Å². The highest BCUT2D eigenvalue weighted by Gasteiger charge is 2.76. The molecule has 2 saturated heterocycles. The van der Waals surface area contributed by atoms with Crippen LogP contribution in [0.2, 0.25) is 0 Å². The Morgan fingerprint density at radius 2 is 1.71 bits per heavy atom. The predicted molar refractivity (Wildman–Crippen MR) is 157 cm³/mol. The second-order valence-electron chi connectivity index (χ2n) is 11.2. The maximum Gasteiger partial charge on any atom is 0.253 e. The van der Waals surface area contributed by atoms with Gasteiger partial charge in [-0.05, 0) is 83.6 Å². The first-order valence-electron chi connectivity index (χ1n) is 13.2. The number of allylic oxidation sites excluding steroid dienone is 2. The van der Waals surface area contributed by atoms with Crippen molar-refractivity contribution in [2.24, 2.45) is 17.8 Å². The Labute approximate surface area is 259 Å². The summed E-state index contributed by atoms with van der Waals surface area (Å²) in [6.07, 6.45) is 1.90. The number of rotatable bonds is 4. The third kappa shape index (κ3) is 3.64. The lowest BCUT2D eigenvalue weighted by molar-refractivity contribution is -0.138. The van der Waals surface area contributed by atoms with Crippen molar-refractivity contribution in [3.63, 3.8) is 0 Å². The van der Waals surface area contributed by atoms with Gasteiger partial charge in [-0.2, -0.15) is 0 Å². The predicted octanol–water partition coefficient (Wildman–Crippen LogP) is 4.56. The van der Waals surface area contributed by atoms with Gasteiger partial charge in [0, 0.05) is 18.5 Å². The summed E-state index contributed by atoms with van der Waals surface area (Å²) in [4.78, 5) is 65.0. The average Bonchev–Trinajstić information content (AvgIpc) is 3.29. The van der Waals surface area contributed by atoms with Crippen molar-refractivity contribution in [1.29, 1.82) is 0 Å². The number of likely N-dealkylation sites (tertiary alicyclic amines) is 1. The molecule has 2 aromatic rings. The van der Waals surface area contributed by atoms with E-state index in [0.717, 1.165) is 9.80 Å². The van der Waals surface area contributed by atoms with E-state index >= 15 is 0 Å². The number of methoxy groups -OCH3 is 1. The van der Waals surface area contributed by atoms with Gasteiger partial charge in [0.05, 0.1) is 29.1 Å². The molecule has 218 valence electrons. The number of halogens is 3. The molecule has 12 heteroatoms. The molecule has 6 atom stereocenters. The number of ketones is 1. The van der Waals surface area contributed by atoms with Gasteiger partial charge in [0.15, 0.2) is 27.0 Å². The highest BCUT2D eigenvalue weighted by atomic mass is 79.9. The fourth-order valence-corrected chi connectivity index (χ4v) is 8.61. The number of alkyl halides is 2. The number of hydrogen-bond acceptors (Lipinski definition) is 7. The van der Waals surface area contributed by atoms with E-state index in [1.54, 1.807) is 30.3 Å². The summed E-state index contributed by atoms with van der Waals surface area (Å²) in [7, 11) is 2.69. The Balaban J connectivity index is 1.50. The van der Waals surface area contributed by atoms with Crippen LogP contribution in [0.4, 0.5) is 5.69 Å². The number of phenolic OH excluding ortho intramolecular Hbond substituents is 1. The Morgan fingerprint density at radius 1 is 1.05 bits per heavy atom. The minimum atomic E-state index is -1.95. The van der Waals surface area contributed by atoms with Crippen molar-refractivity contribution in [3.8, 4) is 11.5 Å². The molecule has 9 nitrogen and oxygen atoms in total. The van der Waals surface area contributed by atoms with Crippen LogP contribution < -0.4 is 9.64 Å². The second-order valence-corrected chi connectivity index (χ2v) is 13.3. The zero-order valence-corrected chi connectivity index (χ0v) is 25.8. The zero-order chi connectivity index (χ0) is 30.5. The Kier molecular flexibility index (Phi) is 6.64. The maximum atomic E-state index is 14.1. The zero-order valence-electron chi connectivity index (χ0n) is 22.7. The molecule has 1 saturated carbocycles. The summed E-state index contributed by atoms with van der Waals surface area (Å²) in [5.41, 5.74) is 1.84. The van der Waals surface area contributed by atoms with Gasteiger partial charge in [-0.1, -0.05) is 11.6 Å². The van der Waals surface area contributed by atoms with Crippen molar-refractivity contribution in [3.05, 3.63) is 63.6 Å². The first kappa shape index (κ1) is 28.9. The molecule has 1 N–H and O–H groups in total. The quantitative estimate of drug-likeness (QED) is 0.218. The number of nitrogens with zero attached hydrogens (tertiary/aromatic N) is 2. The topological polar surface area (TPSA) is 121 Å². The largest absolute Gasteiger partial charge is 0.503 e. The van der Waals surface area contributed by atoms with Crippen LogP contribution in [0.25, 0.3) is 0 Å². The maximum absolute atomic E-state index is 14.1. The summed E-state index contributed by atoms with van der Waals surface area (Å²) in [6, 6.07) is 9.35. The second kappa shape index (κ2) is 9.65. The molecule has 2 aromatic carbocycles. The molecule has 3 fully saturated rings.